The minimum absolute atomic E-state index is 0.353. The maximum Gasteiger partial charge on any atom is 0.350 e. The molecule has 0 fully saturated rings. The number of ether oxygens (including phenoxy) is 1. The topological polar surface area (TPSA) is 39.2 Å². The van der Waals surface area contributed by atoms with Crippen LogP contribution >= 0.6 is 11.3 Å². The first-order chi connectivity index (χ1) is 10.3. The molecule has 1 aromatic heterocycles. The Kier molecular flexibility index (Phi) is 3.79. The molecule has 0 saturated heterocycles. The van der Waals surface area contributed by atoms with Gasteiger partial charge in [-0.25, -0.2) is 9.78 Å². The summed E-state index contributed by atoms with van der Waals surface area (Å²) < 4.78 is 4.88. The maximum atomic E-state index is 12.0. The van der Waals surface area contributed by atoms with E-state index < -0.39 is 0 Å². The molecule has 104 valence electrons. The summed E-state index contributed by atoms with van der Waals surface area (Å²) in [7, 11) is 1.39. The SMILES string of the molecule is COC(=O)c1sc(-c2ccccc2)nc1-c1ccccc1. The zero-order valence-corrected chi connectivity index (χ0v) is 12.3. The van der Waals surface area contributed by atoms with Gasteiger partial charge in [0.25, 0.3) is 0 Å². The summed E-state index contributed by atoms with van der Waals surface area (Å²) in [5, 5.41) is 0.815. The molecule has 21 heavy (non-hydrogen) atoms. The maximum absolute atomic E-state index is 12.0. The predicted molar refractivity (Wildman–Crippen MR) is 84.3 cm³/mol. The van der Waals surface area contributed by atoms with Gasteiger partial charge in [0.1, 0.15) is 9.88 Å². The van der Waals surface area contributed by atoms with Gasteiger partial charge in [-0.05, 0) is 0 Å². The lowest BCUT2D eigenvalue weighted by Crippen LogP contribution is -2.00. The lowest BCUT2D eigenvalue weighted by Gasteiger charge is -2.00. The summed E-state index contributed by atoms with van der Waals surface area (Å²) in [6, 6.07) is 19.5. The third-order valence-corrected chi connectivity index (χ3v) is 4.15. The Bertz CT molecular complexity index is 751. The second-order valence-corrected chi connectivity index (χ2v) is 5.42. The standard InChI is InChI=1S/C17H13NO2S/c1-20-17(19)15-14(12-8-4-2-5-9-12)18-16(21-15)13-10-6-3-7-11-13/h2-11H,1H3. The third-order valence-electron chi connectivity index (χ3n) is 3.07. The van der Waals surface area contributed by atoms with Gasteiger partial charge in [-0.3, -0.25) is 0 Å². The molecule has 4 heteroatoms. The molecule has 3 rings (SSSR count). The number of esters is 1. The molecule has 0 atom stereocenters. The molecule has 3 nitrogen and oxygen atoms in total. The van der Waals surface area contributed by atoms with Crippen LogP contribution in [0.25, 0.3) is 21.8 Å². The van der Waals surface area contributed by atoms with Gasteiger partial charge in [0.2, 0.25) is 0 Å². The van der Waals surface area contributed by atoms with Gasteiger partial charge in [-0.2, -0.15) is 0 Å². The van der Waals surface area contributed by atoms with E-state index in [-0.39, 0.29) is 5.97 Å². The fourth-order valence-corrected chi connectivity index (χ4v) is 3.06. The Morgan fingerprint density at radius 2 is 1.52 bits per heavy atom. The van der Waals surface area contributed by atoms with E-state index >= 15 is 0 Å². The van der Waals surface area contributed by atoms with E-state index in [0.29, 0.717) is 10.6 Å². The van der Waals surface area contributed by atoms with Gasteiger partial charge in [-0.1, -0.05) is 60.7 Å². The van der Waals surface area contributed by atoms with Crippen LogP contribution in [-0.4, -0.2) is 18.1 Å². The second kappa shape index (κ2) is 5.89. The lowest BCUT2D eigenvalue weighted by atomic mass is 10.1. The van der Waals surface area contributed by atoms with E-state index in [9.17, 15) is 4.79 Å². The molecule has 3 aromatic rings. The summed E-state index contributed by atoms with van der Waals surface area (Å²) in [6.45, 7) is 0. The van der Waals surface area contributed by atoms with E-state index in [2.05, 4.69) is 4.98 Å². The monoisotopic (exact) mass is 295 g/mol. The van der Waals surface area contributed by atoms with Crippen LogP contribution in [0.1, 0.15) is 9.67 Å². The molecular formula is C17H13NO2S. The highest BCUT2D eigenvalue weighted by Gasteiger charge is 2.20. The van der Waals surface area contributed by atoms with Crippen LogP contribution in [0.5, 0.6) is 0 Å². The summed E-state index contributed by atoms with van der Waals surface area (Å²) in [5.74, 6) is -0.353. The Morgan fingerprint density at radius 3 is 2.10 bits per heavy atom. The van der Waals surface area contributed by atoms with Gasteiger partial charge >= 0.3 is 5.97 Å². The fourth-order valence-electron chi connectivity index (χ4n) is 2.05. The normalized spacial score (nSPS) is 10.3. The summed E-state index contributed by atoms with van der Waals surface area (Å²) >= 11 is 1.35. The van der Waals surface area contributed by atoms with Crippen molar-refractivity contribution < 1.29 is 9.53 Å². The molecule has 0 radical (unpaired) electrons. The Labute approximate surface area is 126 Å². The van der Waals surface area contributed by atoms with Gasteiger partial charge in [-0.15, -0.1) is 11.3 Å². The average molecular weight is 295 g/mol. The van der Waals surface area contributed by atoms with Crippen molar-refractivity contribution in [2.24, 2.45) is 0 Å². The van der Waals surface area contributed by atoms with Crippen molar-refractivity contribution in [3.05, 3.63) is 65.5 Å². The number of methoxy groups -OCH3 is 1. The van der Waals surface area contributed by atoms with E-state index in [1.807, 2.05) is 60.7 Å². The third kappa shape index (κ3) is 2.71. The van der Waals surface area contributed by atoms with Crippen molar-refractivity contribution in [2.75, 3.05) is 7.11 Å². The minimum atomic E-state index is -0.353. The van der Waals surface area contributed by atoms with Crippen molar-refractivity contribution >= 4 is 17.3 Å². The zero-order chi connectivity index (χ0) is 14.7. The number of rotatable bonds is 3. The highest BCUT2D eigenvalue weighted by Crippen LogP contribution is 2.34. The number of hydrogen-bond acceptors (Lipinski definition) is 4. The molecule has 0 aliphatic rings. The summed E-state index contributed by atoms with van der Waals surface area (Å²) in [6.07, 6.45) is 0. The molecule has 0 N–H and O–H groups in total. The van der Waals surface area contributed by atoms with Crippen LogP contribution in [0.15, 0.2) is 60.7 Å². The molecule has 0 aliphatic carbocycles. The molecule has 2 aromatic carbocycles. The molecule has 0 unspecified atom stereocenters. The number of carbonyl (C=O) groups is 1. The molecule has 0 aliphatic heterocycles. The minimum Gasteiger partial charge on any atom is -0.465 e. The number of nitrogens with zero attached hydrogens (tertiary/aromatic N) is 1. The lowest BCUT2D eigenvalue weighted by molar-refractivity contribution is 0.0607. The highest BCUT2D eigenvalue weighted by molar-refractivity contribution is 7.17. The molecule has 1 heterocycles. The smallest absolute Gasteiger partial charge is 0.350 e. The fraction of sp³-hybridized carbons (Fsp3) is 0.0588. The number of benzene rings is 2. The first-order valence-corrected chi connectivity index (χ1v) is 7.31. The Hall–Kier alpha value is -2.46. The summed E-state index contributed by atoms with van der Waals surface area (Å²) in [4.78, 5) is 17.2. The second-order valence-electron chi connectivity index (χ2n) is 4.42. The van der Waals surface area contributed by atoms with Gasteiger partial charge in [0, 0.05) is 11.1 Å². The van der Waals surface area contributed by atoms with E-state index in [0.717, 1.165) is 16.1 Å². The number of thiazole rings is 1. The number of aromatic nitrogens is 1. The number of hydrogen-bond donors (Lipinski definition) is 0. The first-order valence-electron chi connectivity index (χ1n) is 6.49. The van der Waals surface area contributed by atoms with Gasteiger partial charge in [0.15, 0.2) is 0 Å². The zero-order valence-electron chi connectivity index (χ0n) is 11.4. The van der Waals surface area contributed by atoms with Gasteiger partial charge in [0.05, 0.1) is 12.8 Å². The van der Waals surface area contributed by atoms with Crippen molar-refractivity contribution in [2.45, 2.75) is 0 Å². The Balaban J connectivity index is 2.14. The quantitative estimate of drug-likeness (QED) is 0.678. The van der Waals surface area contributed by atoms with Crippen LogP contribution < -0.4 is 0 Å². The van der Waals surface area contributed by atoms with Crippen LogP contribution in [0, 0.1) is 0 Å². The molecular weight excluding hydrogens is 282 g/mol. The van der Waals surface area contributed by atoms with E-state index in [1.165, 1.54) is 18.4 Å². The van der Waals surface area contributed by atoms with Crippen LogP contribution in [0.2, 0.25) is 0 Å². The van der Waals surface area contributed by atoms with Gasteiger partial charge < -0.3 is 4.74 Å². The molecule has 0 bridgehead atoms. The van der Waals surface area contributed by atoms with Crippen molar-refractivity contribution in [3.63, 3.8) is 0 Å². The predicted octanol–water partition coefficient (Wildman–Crippen LogP) is 4.26. The molecule has 0 amide bonds. The van der Waals surface area contributed by atoms with Crippen molar-refractivity contribution in [1.82, 2.24) is 4.98 Å². The van der Waals surface area contributed by atoms with Crippen LogP contribution in [-0.2, 0) is 4.74 Å². The number of carbonyl (C=O) groups excluding carboxylic acids is 1. The van der Waals surface area contributed by atoms with Crippen LogP contribution in [0.4, 0.5) is 0 Å². The van der Waals surface area contributed by atoms with Crippen LogP contribution in [0.3, 0.4) is 0 Å². The molecule has 0 saturated carbocycles. The van der Waals surface area contributed by atoms with E-state index in [1.54, 1.807) is 0 Å². The molecule has 0 spiro atoms. The average Bonchev–Trinajstić information content (AvgIpc) is 3.01. The largest absolute Gasteiger partial charge is 0.465 e. The summed E-state index contributed by atoms with van der Waals surface area (Å²) in [5.41, 5.74) is 2.58. The van der Waals surface area contributed by atoms with E-state index in [4.69, 9.17) is 4.74 Å². The van der Waals surface area contributed by atoms with Crippen molar-refractivity contribution in [1.29, 1.82) is 0 Å². The van der Waals surface area contributed by atoms with Crippen molar-refractivity contribution in [3.8, 4) is 21.8 Å². The highest BCUT2D eigenvalue weighted by atomic mass is 32.1. The first kappa shape index (κ1) is 13.5. The Morgan fingerprint density at radius 1 is 0.952 bits per heavy atom.